The molecule has 0 amide bonds. The number of rotatable bonds is 3. The van der Waals surface area contributed by atoms with Crippen molar-refractivity contribution >= 4 is 5.69 Å². The van der Waals surface area contributed by atoms with E-state index in [4.69, 9.17) is 0 Å². The maximum absolute atomic E-state index is 2.35. The predicted octanol–water partition coefficient (Wildman–Crippen LogP) is 3.94. The van der Waals surface area contributed by atoms with Crippen LogP contribution in [0.15, 0.2) is 36.7 Å². The summed E-state index contributed by atoms with van der Waals surface area (Å²) in [5, 5.41) is 0. The van der Waals surface area contributed by atoms with Crippen LogP contribution >= 0.6 is 0 Å². The van der Waals surface area contributed by atoms with Gasteiger partial charge in [0.2, 0.25) is 0 Å². The average Bonchev–Trinajstić information content (AvgIpc) is 2.70. The zero-order chi connectivity index (χ0) is 13.3. The minimum atomic E-state index is 0.214. The van der Waals surface area contributed by atoms with Crippen molar-refractivity contribution in [1.29, 1.82) is 0 Å². The largest absolute Gasteiger partial charge is 0.359 e. The average molecular weight is 244 g/mol. The lowest BCUT2D eigenvalue weighted by molar-refractivity contribution is 0.381. The number of hydrogen-bond donors (Lipinski definition) is 0. The molecule has 2 rings (SSSR count). The Kier molecular flexibility index (Phi) is 3.38. The lowest BCUT2D eigenvalue weighted by Gasteiger charge is -2.33. The number of nitrogens with zero attached hydrogens (tertiary/aromatic N) is 2. The lowest BCUT2D eigenvalue weighted by Crippen LogP contribution is -2.35. The molecule has 18 heavy (non-hydrogen) atoms. The Balaban J connectivity index is 2.43. The monoisotopic (exact) mass is 244 g/mol. The lowest BCUT2D eigenvalue weighted by atomic mass is 9.81. The molecule has 0 radical (unpaired) electrons. The van der Waals surface area contributed by atoms with Gasteiger partial charge in [0.05, 0.1) is 0 Å². The molecule has 1 unspecified atom stereocenters. The molecule has 0 saturated heterocycles. The van der Waals surface area contributed by atoms with E-state index in [0.29, 0.717) is 6.17 Å². The molecule has 0 saturated carbocycles. The molecular weight excluding hydrogens is 220 g/mol. The minimum absolute atomic E-state index is 0.214. The normalized spacial score (nSPS) is 19.7. The molecule has 2 heteroatoms. The second kappa shape index (κ2) is 4.68. The molecule has 0 spiro atoms. The fraction of sp³-hybridized carbons (Fsp3) is 0.500. The van der Waals surface area contributed by atoms with Crippen molar-refractivity contribution in [1.82, 2.24) is 4.90 Å². The number of para-hydroxylation sites is 1. The fourth-order valence-corrected chi connectivity index (χ4v) is 2.37. The summed E-state index contributed by atoms with van der Waals surface area (Å²) < 4.78 is 0. The van der Waals surface area contributed by atoms with Crippen LogP contribution in [-0.2, 0) is 5.41 Å². The summed E-state index contributed by atoms with van der Waals surface area (Å²) in [5.41, 5.74) is 2.97. The van der Waals surface area contributed by atoms with Gasteiger partial charge in [-0.25, -0.2) is 0 Å². The molecule has 98 valence electrons. The van der Waals surface area contributed by atoms with Crippen LogP contribution < -0.4 is 4.90 Å². The van der Waals surface area contributed by atoms with Crippen LogP contribution in [0.3, 0.4) is 0 Å². The second-order valence-corrected chi connectivity index (χ2v) is 5.76. The molecule has 2 nitrogen and oxygen atoms in total. The van der Waals surface area contributed by atoms with Gasteiger partial charge in [0.15, 0.2) is 0 Å². The van der Waals surface area contributed by atoms with Crippen LogP contribution in [0.2, 0.25) is 0 Å². The highest BCUT2D eigenvalue weighted by atomic mass is 15.4. The Morgan fingerprint density at radius 1 is 1.17 bits per heavy atom. The highest BCUT2D eigenvalue weighted by molar-refractivity contribution is 5.60. The van der Waals surface area contributed by atoms with Gasteiger partial charge in [0.1, 0.15) is 6.17 Å². The van der Waals surface area contributed by atoms with Crippen LogP contribution in [0.5, 0.6) is 0 Å². The highest BCUT2D eigenvalue weighted by Crippen LogP contribution is 2.36. The van der Waals surface area contributed by atoms with E-state index in [9.17, 15) is 0 Å². The van der Waals surface area contributed by atoms with Gasteiger partial charge in [0.25, 0.3) is 0 Å². The summed E-state index contributed by atoms with van der Waals surface area (Å²) in [6.45, 7) is 9.13. The molecule has 0 bridgehead atoms. The fourth-order valence-electron chi connectivity index (χ4n) is 2.37. The predicted molar refractivity (Wildman–Crippen MR) is 78.6 cm³/mol. The van der Waals surface area contributed by atoms with Crippen molar-refractivity contribution in [3.63, 3.8) is 0 Å². The molecule has 1 aliphatic heterocycles. The Bertz CT molecular complexity index is 448. The van der Waals surface area contributed by atoms with Gasteiger partial charge in [-0.15, -0.1) is 0 Å². The minimum Gasteiger partial charge on any atom is -0.359 e. The van der Waals surface area contributed by atoms with E-state index in [1.165, 1.54) is 11.3 Å². The van der Waals surface area contributed by atoms with E-state index in [2.05, 4.69) is 81.2 Å². The van der Waals surface area contributed by atoms with E-state index < -0.39 is 0 Å². The summed E-state index contributed by atoms with van der Waals surface area (Å²) >= 11 is 0. The molecule has 0 N–H and O–H groups in total. The molecule has 1 heterocycles. The van der Waals surface area contributed by atoms with Crippen molar-refractivity contribution in [3.05, 3.63) is 42.2 Å². The van der Waals surface area contributed by atoms with Gasteiger partial charge >= 0.3 is 0 Å². The Morgan fingerprint density at radius 2 is 1.83 bits per heavy atom. The molecule has 1 aromatic rings. The van der Waals surface area contributed by atoms with Gasteiger partial charge < -0.3 is 9.80 Å². The zero-order valence-corrected chi connectivity index (χ0v) is 12.1. The second-order valence-electron chi connectivity index (χ2n) is 5.76. The van der Waals surface area contributed by atoms with Crippen molar-refractivity contribution in [2.75, 3.05) is 11.9 Å². The van der Waals surface area contributed by atoms with E-state index in [-0.39, 0.29) is 5.41 Å². The molecule has 1 aromatic carbocycles. The summed E-state index contributed by atoms with van der Waals surface area (Å²) in [6, 6.07) is 8.76. The molecule has 1 aliphatic rings. The van der Waals surface area contributed by atoms with E-state index in [1.54, 1.807) is 0 Å². The van der Waals surface area contributed by atoms with Crippen molar-refractivity contribution in [2.24, 2.45) is 0 Å². The smallest absolute Gasteiger partial charge is 0.102 e. The number of anilines is 1. The first-order valence-electron chi connectivity index (χ1n) is 6.75. The number of benzene rings is 1. The van der Waals surface area contributed by atoms with Crippen LogP contribution in [0.1, 0.15) is 39.7 Å². The van der Waals surface area contributed by atoms with E-state index in [0.717, 1.165) is 6.42 Å². The van der Waals surface area contributed by atoms with E-state index in [1.807, 2.05) is 0 Å². The third-order valence-electron chi connectivity index (χ3n) is 4.25. The van der Waals surface area contributed by atoms with Gasteiger partial charge in [0, 0.05) is 25.1 Å². The van der Waals surface area contributed by atoms with Crippen molar-refractivity contribution in [3.8, 4) is 0 Å². The Hall–Kier alpha value is -1.44. The van der Waals surface area contributed by atoms with Gasteiger partial charge in [-0.3, -0.25) is 0 Å². The molecule has 0 aromatic heterocycles. The standard InChI is InChI=1S/C16H24N2/c1-6-16(3,4)14-9-7-8-10-15(14)18-12-11-17(5)13(18)2/h7-13H,6H2,1-5H3. The Morgan fingerprint density at radius 3 is 2.39 bits per heavy atom. The third kappa shape index (κ3) is 2.12. The summed E-state index contributed by atoms with van der Waals surface area (Å²) in [7, 11) is 2.12. The summed E-state index contributed by atoms with van der Waals surface area (Å²) in [4.78, 5) is 4.59. The molecule has 1 atom stereocenters. The first-order chi connectivity index (χ1) is 8.47. The first-order valence-corrected chi connectivity index (χ1v) is 6.75. The van der Waals surface area contributed by atoms with Gasteiger partial charge in [-0.05, 0) is 30.4 Å². The summed E-state index contributed by atoms with van der Waals surface area (Å²) in [5.74, 6) is 0. The van der Waals surface area contributed by atoms with E-state index >= 15 is 0 Å². The Labute approximate surface area is 111 Å². The molecule has 0 aliphatic carbocycles. The van der Waals surface area contributed by atoms with Gasteiger partial charge in [-0.1, -0.05) is 39.0 Å². The summed E-state index contributed by atoms with van der Waals surface area (Å²) in [6.07, 6.45) is 5.85. The van der Waals surface area contributed by atoms with Gasteiger partial charge in [-0.2, -0.15) is 0 Å². The number of hydrogen-bond acceptors (Lipinski definition) is 2. The first kappa shape index (κ1) is 13.0. The maximum Gasteiger partial charge on any atom is 0.102 e. The van der Waals surface area contributed by atoms with Crippen LogP contribution in [0.4, 0.5) is 5.69 Å². The van der Waals surface area contributed by atoms with Crippen molar-refractivity contribution in [2.45, 2.75) is 45.7 Å². The SMILES string of the molecule is CCC(C)(C)c1ccccc1N1C=CN(C)C1C. The maximum atomic E-state index is 2.35. The molecule has 0 fully saturated rings. The quantitative estimate of drug-likeness (QED) is 0.794. The zero-order valence-electron chi connectivity index (χ0n) is 12.1. The van der Waals surface area contributed by atoms with Crippen LogP contribution in [0, 0.1) is 0 Å². The van der Waals surface area contributed by atoms with Crippen molar-refractivity contribution < 1.29 is 0 Å². The third-order valence-corrected chi connectivity index (χ3v) is 4.25. The molecular formula is C16H24N2. The topological polar surface area (TPSA) is 6.48 Å². The van der Waals surface area contributed by atoms with Crippen LogP contribution in [0.25, 0.3) is 0 Å². The van der Waals surface area contributed by atoms with Crippen LogP contribution in [-0.4, -0.2) is 18.1 Å². The highest BCUT2D eigenvalue weighted by Gasteiger charge is 2.27.